The zero-order chi connectivity index (χ0) is 18.0. The predicted octanol–water partition coefficient (Wildman–Crippen LogP) is 2.16. The lowest BCUT2D eigenvalue weighted by atomic mass is 9.97. The van der Waals surface area contributed by atoms with Gasteiger partial charge in [0.2, 0.25) is 5.91 Å². The second-order valence-electron chi connectivity index (χ2n) is 6.85. The molecule has 138 valence electrons. The van der Waals surface area contributed by atoms with Crippen LogP contribution >= 0.6 is 11.8 Å². The number of nitrogens with zero attached hydrogens (tertiary/aromatic N) is 2. The Bertz CT molecular complexity index is 643. The van der Waals surface area contributed by atoms with E-state index in [0.29, 0.717) is 4.90 Å². The molecular weight excluding hydrogens is 346 g/mol. The molecule has 25 heavy (non-hydrogen) atoms. The molecule has 8 heteroatoms. The van der Waals surface area contributed by atoms with Crippen molar-refractivity contribution in [1.29, 1.82) is 0 Å². The van der Waals surface area contributed by atoms with Crippen LogP contribution in [0.5, 0.6) is 0 Å². The summed E-state index contributed by atoms with van der Waals surface area (Å²) in [5.41, 5.74) is -0.205. The molecule has 2 aliphatic rings. The van der Waals surface area contributed by atoms with E-state index < -0.39 is 17.1 Å². The number of anilines is 1. The van der Waals surface area contributed by atoms with Gasteiger partial charge in [-0.3, -0.25) is 4.79 Å². The zero-order valence-corrected chi connectivity index (χ0v) is 15.3. The minimum atomic E-state index is -0.633. The number of benzene rings is 1. The van der Waals surface area contributed by atoms with Gasteiger partial charge in [-0.15, -0.1) is 0 Å². The fourth-order valence-electron chi connectivity index (χ4n) is 3.20. The number of likely N-dealkylation sites (tertiary alicyclic amines) is 1. The molecule has 0 saturated carbocycles. The quantitative estimate of drug-likeness (QED) is 0.832. The average Bonchev–Trinajstić information content (AvgIpc) is 2.96. The molecule has 0 aliphatic carbocycles. The largest absolute Gasteiger partial charge is 0.353 e. The Labute approximate surface area is 151 Å². The summed E-state index contributed by atoms with van der Waals surface area (Å²) >= 11 is 1.23. The van der Waals surface area contributed by atoms with Crippen molar-refractivity contribution in [2.75, 3.05) is 45.6 Å². The Morgan fingerprint density at radius 3 is 3.00 bits per heavy atom. The summed E-state index contributed by atoms with van der Waals surface area (Å²) in [4.78, 5) is 17.5. The number of thioether (sulfide) groups is 1. The van der Waals surface area contributed by atoms with Crippen molar-refractivity contribution >= 4 is 23.4 Å². The standard InChI is InChI=1S/C17H24F2N4OS/c1-22(2)6-7-23-5-3-4-11(10-23)16(24)21-17-20-15-13(19)8-12(18)9-14(15)25-17/h8-9,11,17,20H,3-7,10H2,1-2H3,(H,21,24)/t11-,17?/m0/s1. The number of nitrogens with one attached hydrogen (secondary N) is 2. The first-order valence-electron chi connectivity index (χ1n) is 8.52. The van der Waals surface area contributed by atoms with Crippen molar-refractivity contribution in [3.05, 3.63) is 23.8 Å². The van der Waals surface area contributed by atoms with Gasteiger partial charge in [0.05, 0.1) is 11.6 Å². The maximum atomic E-state index is 13.8. The number of carbonyl (C=O) groups excluding carboxylic acids is 1. The van der Waals surface area contributed by atoms with Gasteiger partial charge in [0.1, 0.15) is 11.6 Å². The lowest BCUT2D eigenvalue weighted by Gasteiger charge is -2.33. The third-order valence-electron chi connectivity index (χ3n) is 4.55. The highest BCUT2D eigenvalue weighted by molar-refractivity contribution is 8.00. The first kappa shape index (κ1) is 18.4. The molecule has 1 unspecified atom stereocenters. The summed E-state index contributed by atoms with van der Waals surface area (Å²) < 4.78 is 27.1. The van der Waals surface area contributed by atoms with Crippen LogP contribution in [0.1, 0.15) is 12.8 Å². The summed E-state index contributed by atoms with van der Waals surface area (Å²) in [6.45, 7) is 3.68. The highest BCUT2D eigenvalue weighted by Crippen LogP contribution is 2.39. The molecule has 0 bridgehead atoms. The molecule has 1 fully saturated rings. The number of piperidine rings is 1. The van der Waals surface area contributed by atoms with E-state index in [1.165, 1.54) is 17.8 Å². The lowest BCUT2D eigenvalue weighted by molar-refractivity contribution is -0.126. The van der Waals surface area contributed by atoms with E-state index in [2.05, 4.69) is 20.4 Å². The number of rotatable bonds is 5. The van der Waals surface area contributed by atoms with Crippen molar-refractivity contribution in [1.82, 2.24) is 15.1 Å². The maximum absolute atomic E-state index is 13.8. The highest BCUT2D eigenvalue weighted by atomic mass is 32.2. The van der Waals surface area contributed by atoms with Gasteiger partial charge in [-0.05, 0) is 39.5 Å². The third-order valence-corrected chi connectivity index (χ3v) is 5.60. The number of hydrogen-bond donors (Lipinski definition) is 2. The molecule has 1 amide bonds. The second kappa shape index (κ2) is 7.88. The number of hydrogen-bond acceptors (Lipinski definition) is 5. The van der Waals surface area contributed by atoms with E-state index in [0.717, 1.165) is 45.1 Å². The van der Waals surface area contributed by atoms with Gasteiger partial charge in [0.15, 0.2) is 5.50 Å². The van der Waals surface area contributed by atoms with Crippen LogP contribution in [0.25, 0.3) is 0 Å². The number of halogens is 2. The van der Waals surface area contributed by atoms with Crippen LogP contribution in [0.3, 0.4) is 0 Å². The van der Waals surface area contributed by atoms with Crippen molar-refractivity contribution in [2.45, 2.75) is 23.2 Å². The van der Waals surface area contributed by atoms with Gasteiger partial charge in [0.25, 0.3) is 0 Å². The fourth-order valence-corrected chi connectivity index (χ4v) is 4.26. The molecule has 2 aliphatic heterocycles. The van der Waals surface area contributed by atoms with Gasteiger partial charge in [-0.1, -0.05) is 11.8 Å². The Morgan fingerprint density at radius 1 is 1.44 bits per heavy atom. The molecule has 5 nitrogen and oxygen atoms in total. The first-order chi connectivity index (χ1) is 11.9. The number of amides is 1. The molecule has 2 N–H and O–H groups in total. The summed E-state index contributed by atoms with van der Waals surface area (Å²) in [5, 5.41) is 5.83. The van der Waals surface area contributed by atoms with Crippen molar-refractivity contribution < 1.29 is 13.6 Å². The summed E-state index contributed by atoms with van der Waals surface area (Å²) in [6.07, 6.45) is 1.86. The minimum Gasteiger partial charge on any atom is -0.353 e. The topological polar surface area (TPSA) is 47.6 Å². The van der Waals surface area contributed by atoms with Crippen molar-refractivity contribution in [3.8, 4) is 0 Å². The molecular formula is C17H24F2N4OS. The van der Waals surface area contributed by atoms with E-state index in [4.69, 9.17) is 0 Å². The zero-order valence-electron chi connectivity index (χ0n) is 14.5. The molecule has 0 spiro atoms. The van der Waals surface area contributed by atoms with E-state index >= 15 is 0 Å². The first-order valence-corrected chi connectivity index (χ1v) is 9.40. The SMILES string of the molecule is CN(C)CCN1CCC[C@H](C(=O)NC2Nc3c(F)cc(F)cc3S2)C1. The molecule has 0 radical (unpaired) electrons. The van der Waals surface area contributed by atoms with Crippen LogP contribution in [0, 0.1) is 17.6 Å². The van der Waals surface area contributed by atoms with E-state index in [1.807, 2.05) is 14.1 Å². The monoisotopic (exact) mass is 370 g/mol. The molecule has 2 atom stereocenters. The van der Waals surface area contributed by atoms with Crippen LogP contribution < -0.4 is 10.6 Å². The van der Waals surface area contributed by atoms with Gasteiger partial charge >= 0.3 is 0 Å². The van der Waals surface area contributed by atoms with Crippen LogP contribution in [-0.4, -0.2) is 61.5 Å². The smallest absolute Gasteiger partial charge is 0.226 e. The van der Waals surface area contributed by atoms with Gasteiger partial charge < -0.3 is 20.4 Å². The molecule has 3 rings (SSSR count). The van der Waals surface area contributed by atoms with Crippen LogP contribution in [-0.2, 0) is 4.79 Å². The van der Waals surface area contributed by atoms with Crippen molar-refractivity contribution in [2.24, 2.45) is 5.92 Å². The van der Waals surface area contributed by atoms with Gasteiger partial charge in [-0.25, -0.2) is 8.78 Å². The molecule has 0 aromatic heterocycles. The molecule has 1 aromatic carbocycles. The van der Waals surface area contributed by atoms with Crippen molar-refractivity contribution in [3.63, 3.8) is 0 Å². The van der Waals surface area contributed by atoms with Crippen LogP contribution in [0.4, 0.5) is 14.5 Å². The second-order valence-corrected chi connectivity index (χ2v) is 8.00. The molecule has 1 aromatic rings. The average molecular weight is 370 g/mol. The Kier molecular flexibility index (Phi) is 5.81. The van der Waals surface area contributed by atoms with E-state index in [1.54, 1.807) is 0 Å². The molecule has 1 saturated heterocycles. The van der Waals surface area contributed by atoms with Gasteiger partial charge in [0, 0.05) is 30.6 Å². The Hall–Kier alpha value is -1.38. The Morgan fingerprint density at radius 2 is 2.24 bits per heavy atom. The lowest BCUT2D eigenvalue weighted by Crippen LogP contribution is -2.47. The molecule has 2 heterocycles. The number of likely N-dealkylation sites (N-methyl/N-ethyl adjacent to an activating group) is 1. The van der Waals surface area contributed by atoms with E-state index in [9.17, 15) is 13.6 Å². The van der Waals surface area contributed by atoms with Gasteiger partial charge in [-0.2, -0.15) is 0 Å². The Balaban J connectivity index is 1.53. The van der Waals surface area contributed by atoms with E-state index in [-0.39, 0.29) is 17.5 Å². The normalized spacial score (nSPS) is 23.4. The number of carbonyl (C=O) groups is 1. The van der Waals surface area contributed by atoms with Crippen LogP contribution in [0.2, 0.25) is 0 Å². The fraction of sp³-hybridized carbons (Fsp3) is 0.588. The summed E-state index contributed by atoms with van der Waals surface area (Å²) in [6, 6.07) is 2.13. The summed E-state index contributed by atoms with van der Waals surface area (Å²) in [5.74, 6) is -1.34. The van der Waals surface area contributed by atoms with Crippen LogP contribution in [0.15, 0.2) is 17.0 Å². The maximum Gasteiger partial charge on any atom is 0.226 e. The number of fused-ring (bicyclic) bond motifs is 1. The highest BCUT2D eigenvalue weighted by Gasteiger charge is 2.31. The third kappa shape index (κ3) is 4.62. The minimum absolute atomic E-state index is 0.0340. The predicted molar refractivity (Wildman–Crippen MR) is 95.5 cm³/mol. The summed E-state index contributed by atoms with van der Waals surface area (Å²) in [7, 11) is 4.08.